The fourth-order valence-corrected chi connectivity index (χ4v) is 6.09. The van der Waals surface area contributed by atoms with Gasteiger partial charge in [-0.2, -0.15) is 13.2 Å². The molecule has 1 saturated heterocycles. The van der Waals surface area contributed by atoms with Crippen molar-refractivity contribution in [3.63, 3.8) is 0 Å². The molecule has 1 aromatic heterocycles. The van der Waals surface area contributed by atoms with Crippen molar-refractivity contribution >= 4 is 5.91 Å². The van der Waals surface area contributed by atoms with Gasteiger partial charge in [0.15, 0.2) is 0 Å². The molecule has 2 aliphatic heterocycles. The zero-order chi connectivity index (χ0) is 22.5. The number of nitrogens with zero attached hydrogens (tertiary/aromatic N) is 3. The number of imidazole rings is 1. The number of aliphatic hydroxyl groups is 1. The molecule has 1 N–H and O–H groups in total. The maximum absolute atomic E-state index is 13.6. The number of hydrogen-bond donors (Lipinski definition) is 1. The lowest BCUT2D eigenvalue weighted by atomic mass is 9.66. The summed E-state index contributed by atoms with van der Waals surface area (Å²) >= 11 is 0. The van der Waals surface area contributed by atoms with Crippen LogP contribution in [0.25, 0.3) is 0 Å². The highest BCUT2D eigenvalue weighted by Gasteiger charge is 2.51. The van der Waals surface area contributed by atoms with E-state index in [1.807, 2.05) is 30.3 Å². The number of carbonyl (C=O) groups is 1. The first-order chi connectivity index (χ1) is 15.3. The number of piperidine rings is 1. The van der Waals surface area contributed by atoms with Crippen LogP contribution in [0.4, 0.5) is 13.2 Å². The Kier molecular flexibility index (Phi) is 5.31. The largest absolute Gasteiger partial charge is 0.449 e. The molecule has 0 bridgehead atoms. The van der Waals surface area contributed by atoms with Crippen LogP contribution >= 0.6 is 0 Å². The molecule has 2 aromatic rings. The molecule has 172 valence electrons. The Morgan fingerprint density at radius 3 is 2.56 bits per heavy atom. The van der Waals surface area contributed by atoms with Gasteiger partial charge in [0.1, 0.15) is 5.69 Å². The monoisotopic (exact) mass is 447 g/mol. The number of aromatic nitrogens is 2. The Morgan fingerprint density at radius 2 is 1.81 bits per heavy atom. The number of carbonyl (C=O) groups excluding carboxylic acids is 1. The smallest absolute Gasteiger partial charge is 0.385 e. The summed E-state index contributed by atoms with van der Waals surface area (Å²) in [6.45, 7) is 0.545. The Labute approximate surface area is 185 Å². The molecule has 32 heavy (non-hydrogen) atoms. The fourth-order valence-electron chi connectivity index (χ4n) is 6.09. The number of halogens is 3. The summed E-state index contributed by atoms with van der Waals surface area (Å²) in [5.74, 6) is -1.52. The predicted octanol–water partition coefficient (Wildman–Crippen LogP) is 4.53. The summed E-state index contributed by atoms with van der Waals surface area (Å²) in [6.07, 6.45) is 1.05. The van der Waals surface area contributed by atoms with E-state index in [0.29, 0.717) is 31.5 Å². The van der Waals surface area contributed by atoms with E-state index in [4.69, 9.17) is 0 Å². The van der Waals surface area contributed by atoms with Crippen LogP contribution in [0.3, 0.4) is 0 Å². The SMILES string of the molecule is O=C(c1nc(C(F)(F)F)n2c1CCCC2)N1CCC(O)(c2ccccc2)[C@H]2CCCC[C@H]21. The van der Waals surface area contributed by atoms with E-state index >= 15 is 0 Å². The fraction of sp³-hybridized carbons (Fsp3) is 0.583. The number of hydrogen-bond acceptors (Lipinski definition) is 3. The van der Waals surface area contributed by atoms with Gasteiger partial charge < -0.3 is 14.6 Å². The van der Waals surface area contributed by atoms with Crippen LogP contribution in [0, 0.1) is 5.92 Å². The third-order valence-electron chi connectivity index (χ3n) is 7.59. The average molecular weight is 448 g/mol. The lowest BCUT2D eigenvalue weighted by Gasteiger charge is -2.52. The molecular weight excluding hydrogens is 419 g/mol. The molecule has 8 heteroatoms. The van der Waals surface area contributed by atoms with Crippen molar-refractivity contribution in [2.24, 2.45) is 5.92 Å². The highest BCUT2D eigenvalue weighted by Crippen LogP contribution is 2.47. The van der Waals surface area contributed by atoms with Crippen LogP contribution in [-0.2, 0) is 24.7 Å². The van der Waals surface area contributed by atoms with Crippen LogP contribution in [0.15, 0.2) is 30.3 Å². The molecule has 0 spiro atoms. The molecule has 5 rings (SSSR count). The summed E-state index contributed by atoms with van der Waals surface area (Å²) in [5.41, 5.74) is 0.174. The second kappa shape index (κ2) is 7.90. The van der Waals surface area contributed by atoms with Crippen LogP contribution < -0.4 is 0 Å². The van der Waals surface area contributed by atoms with Gasteiger partial charge in [-0.05, 0) is 44.1 Å². The minimum Gasteiger partial charge on any atom is -0.385 e. The van der Waals surface area contributed by atoms with E-state index in [-0.39, 0.29) is 24.2 Å². The molecule has 0 radical (unpaired) electrons. The maximum Gasteiger partial charge on any atom is 0.449 e. The number of benzene rings is 1. The number of rotatable bonds is 2. The maximum atomic E-state index is 13.6. The van der Waals surface area contributed by atoms with E-state index in [9.17, 15) is 23.1 Å². The molecule has 3 heterocycles. The number of likely N-dealkylation sites (tertiary alicyclic amines) is 1. The molecule has 1 saturated carbocycles. The first-order valence-electron chi connectivity index (χ1n) is 11.6. The Bertz CT molecular complexity index is 1000. The van der Waals surface area contributed by atoms with Gasteiger partial charge in [0.2, 0.25) is 5.82 Å². The second-order valence-electron chi connectivity index (χ2n) is 9.33. The molecule has 5 nitrogen and oxygen atoms in total. The van der Waals surface area contributed by atoms with Crippen molar-refractivity contribution < 1.29 is 23.1 Å². The average Bonchev–Trinajstić information content (AvgIpc) is 3.20. The third-order valence-corrected chi connectivity index (χ3v) is 7.59. The molecule has 2 fully saturated rings. The van der Waals surface area contributed by atoms with E-state index in [2.05, 4.69) is 4.98 Å². The van der Waals surface area contributed by atoms with Crippen LogP contribution in [0.1, 0.15) is 72.5 Å². The summed E-state index contributed by atoms with van der Waals surface area (Å²) < 4.78 is 42.0. The van der Waals surface area contributed by atoms with E-state index in [1.54, 1.807) is 4.90 Å². The Balaban J connectivity index is 1.50. The first-order valence-corrected chi connectivity index (χ1v) is 11.6. The zero-order valence-corrected chi connectivity index (χ0v) is 17.9. The van der Waals surface area contributed by atoms with Crippen molar-refractivity contribution in [3.8, 4) is 0 Å². The van der Waals surface area contributed by atoms with Gasteiger partial charge in [0.05, 0.1) is 11.3 Å². The molecule has 1 aliphatic carbocycles. The van der Waals surface area contributed by atoms with Gasteiger partial charge in [-0.25, -0.2) is 4.98 Å². The van der Waals surface area contributed by atoms with Gasteiger partial charge in [-0.1, -0.05) is 43.2 Å². The first kappa shape index (κ1) is 21.5. The molecular formula is C24H28F3N3O2. The summed E-state index contributed by atoms with van der Waals surface area (Å²) in [4.78, 5) is 19.2. The van der Waals surface area contributed by atoms with Crippen molar-refractivity contribution in [3.05, 3.63) is 53.1 Å². The van der Waals surface area contributed by atoms with Crippen molar-refractivity contribution in [1.82, 2.24) is 14.5 Å². The molecule has 3 atom stereocenters. The quantitative estimate of drug-likeness (QED) is 0.736. The predicted molar refractivity (Wildman–Crippen MR) is 112 cm³/mol. The molecule has 3 aliphatic rings. The topological polar surface area (TPSA) is 58.4 Å². The lowest BCUT2D eigenvalue weighted by Crippen LogP contribution is -2.59. The normalized spacial score (nSPS) is 28.2. The summed E-state index contributed by atoms with van der Waals surface area (Å²) in [6, 6.07) is 9.35. The Hall–Kier alpha value is -2.35. The van der Waals surface area contributed by atoms with Crippen molar-refractivity contribution in [2.75, 3.05) is 6.54 Å². The van der Waals surface area contributed by atoms with E-state index in [0.717, 1.165) is 37.7 Å². The highest BCUT2D eigenvalue weighted by molar-refractivity contribution is 5.94. The molecule has 1 aromatic carbocycles. The second-order valence-corrected chi connectivity index (χ2v) is 9.33. The van der Waals surface area contributed by atoms with Crippen LogP contribution in [-0.4, -0.2) is 38.1 Å². The van der Waals surface area contributed by atoms with Gasteiger partial charge in [0, 0.05) is 25.0 Å². The molecule has 1 unspecified atom stereocenters. The number of fused-ring (bicyclic) bond motifs is 2. The van der Waals surface area contributed by atoms with Crippen LogP contribution in [0.5, 0.6) is 0 Å². The molecule has 1 amide bonds. The van der Waals surface area contributed by atoms with Gasteiger partial charge >= 0.3 is 6.18 Å². The van der Waals surface area contributed by atoms with Crippen LogP contribution in [0.2, 0.25) is 0 Å². The highest BCUT2D eigenvalue weighted by atomic mass is 19.4. The number of amides is 1. The van der Waals surface area contributed by atoms with E-state index < -0.39 is 23.5 Å². The zero-order valence-electron chi connectivity index (χ0n) is 17.9. The minimum atomic E-state index is -4.59. The summed E-state index contributed by atoms with van der Waals surface area (Å²) in [5, 5.41) is 11.7. The van der Waals surface area contributed by atoms with Crippen molar-refractivity contribution in [2.45, 2.75) is 75.7 Å². The van der Waals surface area contributed by atoms with Gasteiger partial charge in [-0.15, -0.1) is 0 Å². The lowest BCUT2D eigenvalue weighted by molar-refractivity contribution is -0.147. The van der Waals surface area contributed by atoms with Crippen molar-refractivity contribution in [1.29, 1.82) is 0 Å². The Morgan fingerprint density at radius 1 is 1.06 bits per heavy atom. The minimum absolute atomic E-state index is 0.0495. The van der Waals surface area contributed by atoms with Gasteiger partial charge in [0.25, 0.3) is 5.91 Å². The van der Waals surface area contributed by atoms with Gasteiger partial charge in [-0.3, -0.25) is 4.79 Å². The third kappa shape index (κ3) is 3.43. The van der Waals surface area contributed by atoms with E-state index in [1.165, 1.54) is 4.57 Å². The summed E-state index contributed by atoms with van der Waals surface area (Å²) in [7, 11) is 0. The standard InChI is InChI=1S/C24H28F3N3O2/c25-24(26,27)22-28-20(19-12-6-7-14-30(19)22)21(31)29-15-13-23(32,16-8-2-1-3-9-16)17-10-4-5-11-18(17)29/h1-3,8-9,17-18,32H,4-7,10-15H2/t17-,18+,23?/m0/s1. The number of alkyl halides is 3.